The predicted molar refractivity (Wildman–Crippen MR) is 98.1 cm³/mol. The maximum atomic E-state index is 14.0. The first kappa shape index (κ1) is 20.2. The Bertz CT molecular complexity index is 979. The molecule has 0 saturated carbocycles. The maximum absolute atomic E-state index is 14.0. The second-order valence-electron chi connectivity index (χ2n) is 5.80. The van der Waals surface area contributed by atoms with Crippen LogP contribution in [0.2, 0.25) is 0 Å². The van der Waals surface area contributed by atoms with Gasteiger partial charge >= 0.3 is 19.3 Å². The fourth-order valence-electron chi connectivity index (χ4n) is 2.48. The molecular formula is C14H13BrF2N3O5PS. The summed E-state index contributed by atoms with van der Waals surface area (Å²) in [5, 5.41) is 8.03. The quantitative estimate of drug-likeness (QED) is 0.417. The fourth-order valence-corrected chi connectivity index (χ4v) is 5.40. The summed E-state index contributed by atoms with van der Waals surface area (Å²) in [5.41, 5.74) is -4.16. The molecule has 3 rings (SSSR count). The fraction of sp³-hybridized carbons (Fsp3) is 0.286. The van der Waals surface area contributed by atoms with Crippen LogP contribution in [0.4, 0.5) is 13.6 Å². The lowest BCUT2D eigenvalue weighted by atomic mass is 10.1. The minimum absolute atomic E-state index is 0.169. The van der Waals surface area contributed by atoms with Crippen LogP contribution in [0.25, 0.3) is 10.1 Å². The molecule has 1 saturated heterocycles. The Morgan fingerprint density at radius 3 is 2.74 bits per heavy atom. The molecule has 0 radical (unpaired) electrons. The summed E-state index contributed by atoms with van der Waals surface area (Å²) in [4.78, 5) is 40.4. The third-order valence-electron chi connectivity index (χ3n) is 3.88. The average molecular weight is 484 g/mol. The number of rotatable bonds is 5. The smallest absolute Gasteiger partial charge is 0.350 e. The van der Waals surface area contributed by atoms with Crippen LogP contribution < -0.4 is 16.0 Å². The molecule has 1 aromatic carbocycles. The summed E-state index contributed by atoms with van der Waals surface area (Å²) in [6.45, 7) is 0.553. The number of benzene rings is 1. The topological polar surface area (TPSA) is 128 Å². The molecule has 3 amide bonds. The van der Waals surface area contributed by atoms with Crippen molar-refractivity contribution in [2.45, 2.75) is 11.7 Å². The molecule has 1 fully saturated rings. The summed E-state index contributed by atoms with van der Waals surface area (Å²) in [7, 11) is -5.70. The molecule has 27 heavy (non-hydrogen) atoms. The standard InChI is InChI=1S/C14H13BrF2N3O5PS/c15-10-8-3-6(12(21)18-4-7-5-19-13(22)20-7)1-2-9(8)27-11(10)14(16,17)26(23,24)25/h1-3,7H,4-5H2,(H,18,21)(H2,19,20,22)(H2,23,24,25)/t7-/m1/s1. The van der Waals surface area contributed by atoms with Gasteiger partial charge in [-0.1, -0.05) is 0 Å². The zero-order chi connectivity index (χ0) is 20.0. The van der Waals surface area contributed by atoms with E-state index in [2.05, 4.69) is 31.9 Å². The largest absolute Gasteiger partial charge is 0.400 e. The first-order valence-electron chi connectivity index (χ1n) is 7.49. The van der Waals surface area contributed by atoms with E-state index in [1.807, 2.05) is 0 Å². The number of alkyl halides is 2. The number of hydrogen-bond acceptors (Lipinski definition) is 4. The van der Waals surface area contributed by atoms with E-state index in [-0.39, 0.29) is 34.0 Å². The molecule has 2 aromatic rings. The first-order valence-corrected chi connectivity index (χ1v) is 10.7. The van der Waals surface area contributed by atoms with Crippen molar-refractivity contribution >= 4 is 56.9 Å². The van der Waals surface area contributed by atoms with Gasteiger partial charge in [0.2, 0.25) is 0 Å². The van der Waals surface area contributed by atoms with Crippen LogP contribution in [0.15, 0.2) is 22.7 Å². The number of thiophene rings is 1. The Morgan fingerprint density at radius 2 is 2.15 bits per heavy atom. The summed E-state index contributed by atoms with van der Waals surface area (Å²) in [5.74, 6) is -0.473. The minimum atomic E-state index is -5.70. The summed E-state index contributed by atoms with van der Waals surface area (Å²) in [6, 6.07) is 3.63. The zero-order valence-electron chi connectivity index (χ0n) is 13.3. The average Bonchev–Trinajstić information content (AvgIpc) is 3.15. The lowest BCUT2D eigenvalue weighted by molar-refractivity contribution is 0.0595. The van der Waals surface area contributed by atoms with Gasteiger partial charge in [-0.2, -0.15) is 8.78 Å². The van der Waals surface area contributed by atoms with Crippen LogP contribution in [0, 0.1) is 0 Å². The van der Waals surface area contributed by atoms with Gasteiger partial charge in [0.15, 0.2) is 0 Å². The Labute approximate surface area is 163 Å². The van der Waals surface area contributed by atoms with Crippen LogP contribution in [-0.2, 0) is 10.2 Å². The van der Waals surface area contributed by atoms with Gasteiger partial charge in [-0.15, -0.1) is 11.3 Å². The van der Waals surface area contributed by atoms with E-state index >= 15 is 0 Å². The van der Waals surface area contributed by atoms with Crippen molar-refractivity contribution in [1.29, 1.82) is 0 Å². The molecule has 1 aliphatic rings. The summed E-state index contributed by atoms with van der Waals surface area (Å²) < 4.78 is 39.4. The number of carbonyl (C=O) groups excluding carboxylic acids is 2. The number of fused-ring (bicyclic) bond motifs is 1. The number of hydrogen-bond donors (Lipinski definition) is 5. The highest BCUT2D eigenvalue weighted by Gasteiger charge is 2.53. The molecule has 0 bridgehead atoms. The Morgan fingerprint density at radius 1 is 1.44 bits per heavy atom. The van der Waals surface area contributed by atoms with E-state index in [0.717, 1.165) is 0 Å². The lowest BCUT2D eigenvalue weighted by Crippen LogP contribution is -2.39. The van der Waals surface area contributed by atoms with Gasteiger partial charge in [-0.05, 0) is 34.1 Å². The van der Waals surface area contributed by atoms with Crippen molar-refractivity contribution in [3.63, 3.8) is 0 Å². The molecular weight excluding hydrogens is 471 g/mol. The highest BCUT2D eigenvalue weighted by Crippen LogP contribution is 2.62. The van der Waals surface area contributed by atoms with Crippen molar-refractivity contribution in [1.82, 2.24) is 16.0 Å². The van der Waals surface area contributed by atoms with Crippen molar-refractivity contribution in [2.24, 2.45) is 0 Å². The Hall–Kier alpha value is -1.59. The van der Waals surface area contributed by atoms with Crippen LogP contribution in [0.1, 0.15) is 15.2 Å². The van der Waals surface area contributed by atoms with Crippen LogP contribution in [0.3, 0.4) is 0 Å². The van der Waals surface area contributed by atoms with E-state index in [1.165, 1.54) is 18.2 Å². The zero-order valence-corrected chi connectivity index (χ0v) is 16.6. The Kier molecular flexibility index (Phi) is 5.30. The van der Waals surface area contributed by atoms with Gasteiger partial charge in [-0.3, -0.25) is 9.36 Å². The van der Waals surface area contributed by atoms with Crippen molar-refractivity contribution < 1.29 is 32.7 Å². The van der Waals surface area contributed by atoms with Crippen LogP contribution >= 0.6 is 34.9 Å². The first-order chi connectivity index (χ1) is 12.5. The molecule has 1 atom stereocenters. The number of amides is 3. The maximum Gasteiger partial charge on any atom is 0.400 e. The van der Waals surface area contributed by atoms with Crippen molar-refractivity contribution in [3.8, 4) is 0 Å². The lowest BCUT2D eigenvalue weighted by Gasteiger charge is -2.16. The van der Waals surface area contributed by atoms with Gasteiger partial charge in [0.25, 0.3) is 5.91 Å². The van der Waals surface area contributed by atoms with E-state index < -0.39 is 24.0 Å². The van der Waals surface area contributed by atoms with E-state index in [4.69, 9.17) is 9.79 Å². The SMILES string of the molecule is O=C1NC[C@@H](CNC(=O)c2ccc3sc(C(F)(F)P(=O)(O)O)c(Br)c3c2)N1. The molecule has 1 aromatic heterocycles. The van der Waals surface area contributed by atoms with Crippen molar-refractivity contribution in [3.05, 3.63) is 33.1 Å². The number of carbonyl (C=O) groups is 2. The van der Waals surface area contributed by atoms with Gasteiger partial charge in [0, 0.05) is 33.2 Å². The van der Waals surface area contributed by atoms with Crippen molar-refractivity contribution in [2.75, 3.05) is 13.1 Å². The van der Waals surface area contributed by atoms with E-state index in [9.17, 15) is 22.9 Å². The molecule has 2 heterocycles. The van der Waals surface area contributed by atoms with E-state index in [0.29, 0.717) is 22.6 Å². The predicted octanol–water partition coefficient (Wildman–Crippen LogP) is 2.30. The second kappa shape index (κ2) is 7.10. The summed E-state index contributed by atoms with van der Waals surface area (Å²) in [6.07, 6.45) is 0. The molecule has 0 spiro atoms. The molecule has 5 N–H and O–H groups in total. The van der Waals surface area contributed by atoms with Gasteiger partial charge in [-0.25, -0.2) is 4.79 Å². The summed E-state index contributed by atoms with van der Waals surface area (Å²) >= 11 is 3.50. The minimum Gasteiger partial charge on any atom is -0.350 e. The van der Waals surface area contributed by atoms with Crippen LogP contribution in [-0.4, -0.2) is 40.9 Å². The molecule has 0 unspecified atom stereocenters. The van der Waals surface area contributed by atoms with Crippen LogP contribution in [0.5, 0.6) is 0 Å². The number of halogens is 3. The third kappa shape index (κ3) is 3.85. The molecule has 8 nitrogen and oxygen atoms in total. The molecule has 0 aliphatic carbocycles. The second-order valence-corrected chi connectivity index (χ2v) is 9.30. The number of nitrogens with one attached hydrogen (secondary N) is 3. The molecule has 13 heteroatoms. The molecule has 146 valence electrons. The normalized spacial score (nSPS) is 17.7. The molecule has 1 aliphatic heterocycles. The highest BCUT2D eigenvalue weighted by atomic mass is 79.9. The highest BCUT2D eigenvalue weighted by molar-refractivity contribution is 9.10. The number of urea groups is 1. The Balaban J connectivity index is 1.85. The van der Waals surface area contributed by atoms with Gasteiger partial charge in [0.05, 0.1) is 6.04 Å². The van der Waals surface area contributed by atoms with Gasteiger partial charge in [0.1, 0.15) is 4.88 Å². The monoisotopic (exact) mass is 483 g/mol. The third-order valence-corrected chi connectivity index (χ3v) is 7.32. The van der Waals surface area contributed by atoms with Gasteiger partial charge < -0.3 is 25.7 Å². The van der Waals surface area contributed by atoms with E-state index in [1.54, 1.807) is 0 Å².